The van der Waals surface area contributed by atoms with Crippen molar-refractivity contribution < 1.29 is 9.84 Å². The second kappa shape index (κ2) is 10.1. The van der Waals surface area contributed by atoms with Crippen LogP contribution >= 0.6 is 11.7 Å². The Hall–Kier alpha value is -2.65. The zero-order valence-electron chi connectivity index (χ0n) is 18.8. The van der Waals surface area contributed by atoms with Crippen LogP contribution in [-0.2, 0) is 6.54 Å². The van der Waals surface area contributed by atoms with Gasteiger partial charge in [0.25, 0.3) is 0 Å². The van der Waals surface area contributed by atoms with Crippen molar-refractivity contribution >= 4 is 33.7 Å². The van der Waals surface area contributed by atoms with Gasteiger partial charge in [0.05, 0.1) is 36.7 Å². The fourth-order valence-electron chi connectivity index (χ4n) is 4.74. The molecule has 1 saturated heterocycles. The SMILES string of the molecule is COc1cnc2cccc(C(O)CN3CCCC(CNCc4ccc5nsnc5c4)C3)c2c1. The third-order valence-electron chi connectivity index (χ3n) is 6.44. The Bertz CT molecular complexity index is 1230. The molecule has 8 heteroatoms. The summed E-state index contributed by atoms with van der Waals surface area (Å²) in [6.07, 6.45) is 3.52. The van der Waals surface area contributed by atoms with Gasteiger partial charge in [-0.1, -0.05) is 18.2 Å². The molecule has 7 nitrogen and oxygen atoms in total. The number of piperidine rings is 1. The van der Waals surface area contributed by atoms with Gasteiger partial charge in [-0.2, -0.15) is 8.75 Å². The number of aliphatic hydroxyl groups is 1. The van der Waals surface area contributed by atoms with Crippen molar-refractivity contribution in [3.63, 3.8) is 0 Å². The Morgan fingerprint density at radius 1 is 1.18 bits per heavy atom. The van der Waals surface area contributed by atoms with Gasteiger partial charge >= 0.3 is 0 Å². The normalized spacial score (nSPS) is 18.1. The summed E-state index contributed by atoms with van der Waals surface area (Å²) in [5.41, 5.74) is 4.95. The van der Waals surface area contributed by atoms with Crippen molar-refractivity contribution in [3.8, 4) is 5.75 Å². The number of benzene rings is 2. The molecule has 1 aliphatic heterocycles. The number of fused-ring (bicyclic) bond motifs is 2. The molecule has 0 spiro atoms. The smallest absolute Gasteiger partial charge is 0.137 e. The standard InChI is InChI=1S/C25H29N5O2S/c1-32-19-11-21-20(5-2-6-22(21)27-14-19)25(31)16-30-9-3-4-18(15-30)13-26-12-17-7-8-23-24(10-17)29-33-28-23/h2,5-8,10-11,14,18,25-26,31H,3-4,9,12-13,15-16H2,1H3. The number of methoxy groups -OCH3 is 1. The van der Waals surface area contributed by atoms with Crippen molar-refractivity contribution in [2.24, 2.45) is 5.92 Å². The summed E-state index contributed by atoms with van der Waals surface area (Å²) in [5, 5.41) is 15.6. The molecule has 1 fully saturated rings. The molecule has 2 aromatic carbocycles. The van der Waals surface area contributed by atoms with Crippen molar-refractivity contribution in [1.82, 2.24) is 23.9 Å². The highest BCUT2D eigenvalue weighted by atomic mass is 32.1. The number of rotatable bonds is 8. The zero-order valence-corrected chi connectivity index (χ0v) is 19.6. The monoisotopic (exact) mass is 463 g/mol. The minimum Gasteiger partial charge on any atom is -0.495 e. The van der Waals surface area contributed by atoms with Crippen molar-refractivity contribution in [1.29, 1.82) is 0 Å². The number of aromatic nitrogens is 3. The quantitative estimate of drug-likeness (QED) is 0.411. The first kappa shape index (κ1) is 22.2. The van der Waals surface area contributed by atoms with Crippen LogP contribution < -0.4 is 10.1 Å². The van der Waals surface area contributed by atoms with E-state index in [1.54, 1.807) is 13.3 Å². The number of β-amino-alcohol motifs (C(OH)–C–C–N with tert-alkyl or cyclic N) is 1. The zero-order chi connectivity index (χ0) is 22.6. The van der Waals surface area contributed by atoms with Crippen LogP contribution in [0.15, 0.2) is 48.7 Å². The van der Waals surface area contributed by atoms with Gasteiger partial charge < -0.3 is 20.1 Å². The molecule has 3 heterocycles. The van der Waals surface area contributed by atoms with Crippen LogP contribution in [-0.4, -0.2) is 57.0 Å². The Morgan fingerprint density at radius 2 is 2.09 bits per heavy atom. The molecule has 2 atom stereocenters. The Balaban J connectivity index is 1.17. The van der Waals surface area contributed by atoms with E-state index in [-0.39, 0.29) is 0 Å². The number of nitrogens with one attached hydrogen (secondary N) is 1. The molecule has 172 valence electrons. The molecule has 0 saturated carbocycles. The lowest BCUT2D eigenvalue weighted by Crippen LogP contribution is -2.41. The molecule has 33 heavy (non-hydrogen) atoms. The van der Waals surface area contributed by atoms with Crippen LogP contribution in [0.25, 0.3) is 21.9 Å². The fourth-order valence-corrected chi connectivity index (χ4v) is 5.26. The van der Waals surface area contributed by atoms with E-state index >= 15 is 0 Å². The Kier molecular flexibility index (Phi) is 6.78. The molecule has 5 rings (SSSR count). The summed E-state index contributed by atoms with van der Waals surface area (Å²) in [6.45, 7) is 4.44. The molecule has 2 aromatic heterocycles. The molecular weight excluding hydrogens is 434 g/mol. The molecular formula is C25H29N5O2S. The maximum absolute atomic E-state index is 11.1. The summed E-state index contributed by atoms with van der Waals surface area (Å²) in [4.78, 5) is 6.85. The Morgan fingerprint density at radius 3 is 3.00 bits per heavy atom. The third kappa shape index (κ3) is 5.14. The molecule has 2 unspecified atom stereocenters. The maximum atomic E-state index is 11.1. The van der Waals surface area contributed by atoms with E-state index in [0.717, 1.165) is 60.1 Å². The van der Waals surface area contributed by atoms with Gasteiger partial charge in [-0.05, 0) is 67.2 Å². The summed E-state index contributed by atoms with van der Waals surface area (Å²) < 4.78 is 13.9. The number of nitrogens with zero attached hydrogens (tertiary/aromatic N) is 4. The highest BCUT2D eigenvalue weighted by Gasteiger charge is 2.23. The number of hydrogen-bond acceptors (Lipinski definition) is 8. The largest absolute Gasteiger partial charge is 0.495 e. The highest BCUT2D eigenvalue weighted by molar-refractivity contribution is 7.00. The van der Waals surface area contributed by atoms with E-state index < -0.39 is 6.10 Å². The molecule has 2 N–H and O–H groups in total. The minimum absolute atomic E-state index is 0.562. The molecule has 4 aromatic rings. The molecule has 0 radical (unpaired) electrons. The number of aliphatic hydroxyl groups excluding tert-OH is 1. The first-order chi connectivity index (χ1) is 16.2. The van der Waals surface area contributed by atoms with E-state index in [9.17, 15) is 5.11 Å². The van der Waals surface area contributed by atoms with E-state index in [1.165, 1.54) is 23.7 Å². The summed E-state index contributed by atoms with van der Waals surface area (Å²) >= 11 is 1.26. The molecule has 0 aliphatic carbocycles. The van der Waals surface area contributed by atoms with E-state index in [2.05, 4.69) is 36.1 Å². The Labute approximate surface area is 197 Å². The predicted octanol–water partition coefficient (Wildman–Crippen LogP) is 3.78. The number of likely N-dealkylation sites (tertiary alicyclic amines) is 1. The second-order valence-corrected chi connectivity index (χ2v) is 9.32. The summed E-state index contributed by atoms with van der Waals surface area (Å²) in [6, 6.07) is 14.2. The summed E-state index contributed by atoms with van der Waals surface area (Å²) in [5.74, 6) is 1.28. The van der Waals surface area contributed by atoms with Crippen LogP contribution in [0.5, 0.6) is 5.75 Å². The van der Waals surface area contributed by atoms with Gasteiger partial charge in [-0.25, -0.2) is 0 Å². The first-order valence-electron chi connectivity index (χ1n) is 11.4. The number of pyridine rings is 1. The molecule has 0 bridgehead atoms. The maximum Gasteiger partial charge on any atom is 0.137 e. The van der Waals surface area contributed by atoms with E-state index in [0.29, 0.717) is 18.2 Å². The van der Waals surface area contributed by atoms with Gasteiger partial charge in [-0.15, -0.1) is 0 Å². The lowest BCUT2D eigenvalue weighted by molar-refractivity contribution is 0.0849. The first-order valence-corrected chi connectivity index (χ1v) is 12.2. The van der Waals surface area contributed by atoms with E-state index in [4.69, 9.17) is 4.74 Å². The highest BCUT2D eigenvalue weighted by Crippen LogP contribution is 2.28. The van der Waals surface area contributed by atoms with Crippen molar-refractivity contribution in [2.45, 2.75) is 25.5 Å². The topological polar surface area (TPSA) is 83.4 Å². The third-order valence-corrected chi connectivity index (χ3v) is 7.00. The fraction of sp³-hybridized carbons (Fsp3) is 0.400. The lowest BCUT2D eigenvalue weighted by atomic mass is 9.96. The average Bonchev–Trinajstić information content (AvgIpc) is 3.31. The number of hydrogen-bond donors (Lipinski definition) is 2. The van der Waals surface area contributed by atoms with Crippen LogP contribution in [0.1, 0.15) is 30.1 Å². The van der Waals surface area contributed by atoms with Crippen molar-refractivity contribution in [2.75, 3.05) is 33.3 Å². The molecule has 1 aliphatic rings. The number of ether oxygens (including phenoxy) is 1. The van der Waals surface area contributed by atoms with Gasteiger partial charge in [0.15, 0.2) is 0 Å². The minimum atomic E-state index is -0.562. The van der Waals surface area contributed by atoms with Gasteiger partial charge in [0.1, 0.15) is 16.8 Å². The summed E-state index contributed by atoms with van der Waals surface area (Å²) in [7, 11) is 1.64. The van der Waals surface area contributed by atoms with Gasteiger partial charge in [0.2, 0.25) is 0 Å². The predicted molar refractivity (Wildman–Crippen MR) is 132 cm³/mol. The second-order valence-electron chi connectivity index (χ2n) is 8.79. The van der Waals surface area contributed by atoms with Crippen LogP contribution in [0, 0.1) is 5.92 Å². The van der Waals surface area contributed by atoms with Gasteiger partial charge in [0, 0.05) is 25.0 Å². The average molecular weight is 464 g/mol. The van der Waals surface area contributed by atoms with Crippen LogP contribution in [0.4, 0.5) is 0 Å². The lowest BCUT2D eigenvalue weighted by Gasteiger charge is -2.34. The van der Waals surface area contributed by atoms with Crippen LogP contribution in [0.3, 0.4) is 0 Å². The van der Waals surface area contributed by atoms with Crippen LogP contribution in [0.2, 0.25) is 0 Å². The molecule has 0 amide bonds. The van der Waals surface area contributed by atoms with Gasteiger partial charge in [-0.3, -0.25) is 4.98 Å². The van der Waals surface area contributed by atoms with E-state index in [1.807, 2.05) is 30.3 Å². The van der Waals surface area contributed by atoms with Crippen molar-refractivity contribution in [3.05, 3.63) is 59.8 Å².